The largest absolute Gasteiger partial charge is 0.494 e. The summed E-state index contributed by atoms with van der Waals surface area (Å²) in [7, 11) is 0. The molecule has 0 amide bonds. The van der Waals surface area contributed by atoms with Gasteiger partial charge in [-0.3, -0.25) is 9.78 Å². The van der Waals surface area contributed by atoms with Gasteiger partial charge in [0.25, 0.3) is 5.56 Å². The molecule has 0 atom stereocenters. The molecule has 7 heteroatoms. The molecule has 20 heavy (non-hydrogen) atoms. The van der Waals surface area contributed by atoms with E-state index in [1.807, 2.05) is 6.07 Å². The molecule has 1 aromatic heterocycles. The fourth-order valence-electron chi connectivity index (χ4n) is 1.57. The van der Waals surface area contributed by atoms with Gasteiger partial charge in [0.15, 0.2) is 5.69 Å². The van der Waals surface area contributed by atoms with Gasteiger partial charge in [-0.15, -0.1) is 5.11 Å². The quantitative estimate of drug-likeness (QED) is 0.823. The van der Waals surface area contributed by atoms with Crippen LogP contribution < -0.4 is 5.56 Å². The molecule has 0 radical (unpaired) electrons. The van der Waals surface area contributed by atoms with Gasteiger partial charge in [-0.1, -0.05) is 15.9 Å². The number of aromatic nitrogens is 1. The second kappa shape index (κ2) is 5.67. The molecule has 6 nitrogen and oxygen atoms in total. The minimum Gasteiger partial charge on any atom is -0.494 e. The molecular weight excluding hydrogens is 324 g/mol. The number of rotatable bonds is 2. The summed E-state index contributed by atoms with van der Waals surface area (Å²) >= 11 is 3.30. The van der Waals surface area contributed by atoms with Gasteiger partial charge in [-0.2, -0.15) is 10.4 Å². The Morgan fingerprint density at radius 2 is 1.95 bits per heavy atom. The number of pyridine rings is 1. The zero-order valence-electron chi connectivity index (χ0n) is 10.4. The van der Waals surface area contributed by atoms with Crippen molar-refractivity contribution in [1.82, 2.24) is 4.98 Å². The van der Waals surface area contributed by atoms with Crippen LogP contribution in [0.1, 0.15) is 11.1 Å². The molecule has 1 heterocycles. The van der Waals surface area contributed by atoms with E-state index in [0.717, 1.165) is 4.47 Å². The highest BCUT2D eigenvalue weighted by atomic mass is 79.9. The predicted octanol–water partition coefficient (Wildman–Crippen LogP) is 3.44. The minimum atomic E-state index is -0.597. The van der Waals surface area contributed by atoms with E-state index >= 15 is 0 Å². The highest BCUT2D eigenvalue weighted by Gasteiger charge is 2.13. The van der Waals surface area contributed by atoms with Gasteiger partial charge in [0.05, 0.1) is 5.69 Å². The van der Waals surface area contributed by atoms with Gasteiger partial charge in [-0.25, -0.2) is 0 Å². The van der Waals surface area contributed by atoms with E-state index in [-0.39, 0.29) is 16.8 Å². The number of aromatic amines is 1. The highest BCUT2D eigenvalue weighted by molar-refractivity contribution is 9.10. The van der Waals surface area contributed by atoms with Crippen LogP contribution in [0.3, 0.4) is 0 Å². The Morgan fingerprint density at radius 3 is 2.55 bits per heavy atom. The summed E-state index contributed by atoms with van der Waals surface area (Å²) in [6, 6.07) is 8.85. The van der Waals surface area contributed by atoms with Gasteiger partial charge in [0.2, 0.25) is 5.88 Å². The van der Waals surface area contributed by atoms with E-state index in [1.54, 1.807) is 24.3 Å². The van der Waals surface area contributed by atoms with Crippen LogP contribution in [0.5, 0.6) is 5.88 Å². The molecule has 2 aromatic rings. The van der Waals surface area contributed by atoms with Crippen LogP contribution in [-0.4, -0.2) is 10.1 Å². The van der Waals surface area contributed by atoms with Crippen molar-refractivity contribution in [1.29, 1.82) is 5.26 Å². The number of benzene rings is 1. The molecule has 0 saturated carbocycles. The van der Waals surface area contributed by atoms with Crippen LogP contribution in [0, 0.1) is 18.3 Å². The molecule has 2 N–H and O–H groups in total. The van der Waals surface area contributed by atoms with Crippen molar-refractivity contribution in [2.75, 3.05) is 0 Å². The topological polar surface area (TPSA) is 102 Å². The summed E-state index contributed by atoms with van der Waals surface area (Å²) in [5.74, 6) is -0.461. The lowest BCUT2D eigenvalue weighted by molar-refractivity contribution is 0.449. The van der Waals surface area contributed by atoms with Crippen molar-refractivity contribution in [3.8, 4) is 11.9 Å². The molecule has 0 aliphatic heterocycles. The van der Waals surface area contributed by atoms with Crippen molar-refractivity contribution in [3.05, 3.63) is 50.2 Å². The van der Waals surface area contributed by atoms with E-state index in [0.29, 0.717) is 5.69 Å². The third-order valence-electron chi connectivity index (χ3n) is 2.62. The predicted molar refractivity (Wildman–Crippen MR) is 76.5 cm³/mol. The van der Waals surface area contributed by atoms with E-state index < -0.39 is 11.4 Å². The zero-order valence-corrected chi connectivity index (χ0v) is 12.0. The zero-order chi connectivity index (χ0) is 14.7. The van der Waals surface area contributed by atoms with Crippen LogP contribution in [0.4, 0.5) is 11.4 Å². The van der Waals surface area contributed by atoms with Crippen LogP contribution >= 0.6 is 15.9 Å². The second-order valence-corrected chi connectivity index (χ2v) is 4.86. The average Bonchev–Trinajstić information content (AvgIpc) is 2.40. The molecule has 0 spiro atoms. The molecule has 0 fully saturated rings. The first-order valence-electron chi connectivity index (χ1n) is 5.56. The van der Waals surface area contributed by atoms with Gasteiger partial charge < -0.3 is 5.11 Å². The molecule has 1 aromatic carbocycles. The number of hydrogen-bond donors (Lipinski definition) is 2. The summed E-state index contributed by atoms with van der Waals surface area (Å²) in [4.78, 5) is 13.9. The average molecular weight is 333 g/mol. The summed E-state index contributed by atoms with van der Waals surface area (Å²) in [6.45, 7) is 1.53. The third-order valence-corrected chi connectivity index (χ3v) is 3.15. The molecule has 2 rings (SSSR count). The van der Waals surface area contributed by atoms with E-state index in [9.17, 15) is 9.90 Å². The number of halogens is 1. The molecule has 0 aliphatic carbocycles. The summed E-state index contributed by atoms with van der Waals surface area (Å²) in [6.07, 6.45) is 0. The van der Waals surface area contributed by atoms with E-state index in [4.69, 9.17) is 5.26 Å². The Labute approximate surface area is 122 Å². The lowest BCUT2D eigenvalue weighted by Gasteiger charge is -2.02. The maximum absolute atomic E-state index is 11.7. The Balaban J connectivity index is 2.47. The molecule has 0 unspecified atom stereocenters. The Bertz CT molecular complexity index is 773. The van der Waals surface area contributed by atoms with E-state index in [2.05, 4.69) is 31.1 Å². The molecule has 100 valence electrons. The van der Waals surface area contributed by atoms with Crippen LogP contribution in [-0.2, 0) is 0 Å². The van der Waals surface area contributed by atoms with Gasteiger partial charge in [0, 0.05) is 10.0 Å². The monoisotopic (exact) mass is 332 g/mol. The summed E-state index contributed by atoms with van der Waals surface area (Å²) < 4.78 is 0.905. The summed E-state index contributed by atoms with van der Waals surface area (Å²) in [5.41, 5.74) is 0.240. The number of nitrogens with one attached hydrogen (secondary N) is 1. The Morgan fingerprint density at radius 1 is 1.30 bits per heavy atom. The number of H-pyrrole nitrogens is 1. The van der Waals surface area contributed by atoms with Crippen LogP contribution in [0.2, 0.25) is 0 Å². The number of aromatic hydroxyl groups is 1. The molecule has 0 saturated heterocycles. The van der Waals surface area contributed by atoms with E-state index in [1.165, 1.54) is 6.92 Å². The molecule has 0 bridgehead atoms. The van der Waals surface area contributed by atoms with Crippen molar-refractivity contribution in [2.45, 2.75) is 6.92 Å². The number of nitriles is 1. The number of nitrogens with zero attached hydrogens (tertiary/aromatic N) is 3. The van der Waals surface area contributed by atoms with Crippen molar-refractivity contribution in [3.63, 3.8) is 0 Å². The third kappa shape index (κ3) is 2.75. The summed E-state index contributed by atoms with van der Waals surface area (Å²) in [5, 5.41) is 26.2. The van der Waals surface area contributed by atoms with Crippen molar-refractivity contribution in [2.24, 2.45) is 10.2 Å². The smallest absolute Gasteiger partial charge is 0.278 e. The minimum absolute atomic E-state index is 0.00210. The van der Waals surface area contributed by atoms with Crippen molar-refractivity contribution >= 4 is 27.3 Å². The normalized spacial score (nSPS) is 10.7. The van der Waals surface area contributed by atoms with Crippen LogP contribution in [0.25, 0.3) is 0 Å². The first kappa shape index (κ1) is 14.0. The second-order valence-electron chi connectivity index (χ2n) is 3.94. The maximum atomic E-state index is 11.7. The SMILES string of the molecule is Cc1c(C#N)c(O)[nH]c(=O)c1N=Nc1ccc(Br)cc1. The lowest BCUT2D eigenvalue weighted by atomic mass is 10.1. The maximum Gasteiger partial charge on any atom is 0.278 e. The first-order chi connectivity index (χ1) is 9.52. The molecular formula is C13H9BrN4O2. The fraction of sp³-hybridized carbons (Fsp3) is 0.0769. The van der Waals surface area contributed by atoms with Gasteiger partial charge in [-0.05, 0) is 31.2 Å². The Kier molecular flexibility index (Phi) is 3.96. The van der Waals surface area contributed by atoms with Crippen molar-refractivity contribution < 1.29 is 5.11 Å². The molecule has 0 aliphatic rings. The highest BCUT2D eigenvalue weighted by Crippen LogP contribution is 2.25. The van der Waals surface area contributed by atoms with Gasteiger partial charge in [0.1, 0.15) is 11.6 Å². The number of hydrogen-bond acceptors (Lipinski definition) is 5. The van der Waals surface area contributed by atoms with Crippen LogP contribution in [0.15, 0.2) is 43.8 Å². The standard InChI is InChI=1S/C13H9BrN4O2/c1-7-10(6-15)12(19)16-13(20)11(7)18-17-9-4-2-8(14)3-5-9/h2-5H,1H3,(H2,16,19,20). The number of azo groups is 1. The Hall–Kier alpha value is -2.46. The fourth-order valence-corrected chi connectivity index (χ4v) is 1.83. The van der Waals surface area contributed by atoms with Gasteiger partial charge >= 0.3 is 0 Å². The first-order valence-corrected chi connectivity index (χ1v) is 6.35. The lowest BCUT2D eigenvalue weighted by Crippen LogP contribution is -2.08.